The Bertz CT molecular complexity index is 601. The molecule has 0 saturated heterocycles. The Kier molecular flexibility index (Phi) is 5.62. The van der Waals surface area contributed by atoms with Crippen LogP contribution in [-0.4, -0.2) is 11.8 Å². The molecule has 0 saturated carbocycles. The molecular weight excluding hydrogens is 338 g/mol. The third-order valence-electron chi connectivity index (χ3n) is 2.90. The van der Waals surface area contributed by atoms with Crippen LogP contribution < -0.4 is 5.32 Å². The predicted octanol–water partition coefficient (Wildman–Crippen LogP) is 4.87. The zero-order valence-electron chi connectivity index (χ0n) is 10.9. The summed E-state index contributed by atoms with van der Waals surface area (Å²) in [4.78, 5) is 12.2. The number of amides is 1. The standard InChI is InChI=1S/C16H15BrClNO/c17-15-9-2-1-8-14(15)16(20)19-13-7-3-5-12(11-13)6-4-10-18/h1-3,5,7-9,11H,4,6,10H2,(H,19,20). The number of rotatable bonds is 5. The first-order valence-corrected chi connectivity index (χ1v) is 7.74. The minimum atomic E-state index is -0.119. The Morgan fingerprint density at radius 2 is 1.95 bits per heavy atom. The summed E-state index contributed by atoms with van der Waals surface area (Å²) in [7, 11) is 0. The summed E-state index contributed by atoms with van der Waals surface area (Å²) < 4.78 is 0.788. The number of carbonyl (C=O) groups is 1. The Hall–Kier alpha value is -1.32. The van der Waals surface area contributed by atoms with Crippen molar-refractivity contribution < 1.29 is 4.79 Å². The van der Waals surface area contributed by atoms with Gasteiger partial charge in [0, 0.05) is 16.0 Å². The number of carbonyl (C=O) groups excluding carboxylic acids is 1. The van der Waals surface area contributed by atoms with Crippen molar-refractivity contribution in [3.63, 3.8) is 0 Å². The molecule has 4 heteroatoms. The van der Waals surface area contributed by atoms with E-state index in [1.807, 2.05) is 42.5 Å². The fourth-order valence-corrected chi connectivity index (χ4v) is 2.52. The highest BCUT2D eigenvalue weighted by atomic mass is 79.9. The van der Waals surface area contributed by atoms with Gasteiger partial charge in [-0.05, 0) is 58.6 Å². The van der Waals surface area contributed by atoms with Crippen LogP contribution >= 0.6 is 27.5 Å². The monoisotopic (exact) mass is 351 g/mol. The van der Waals surface area contributed by atoms with Gasteiger partial charge in [-0.15, -0.1) is 11.6 Å². The first-order chi connectivity index (χ1) is 9.70. The number of halogens is 2. The number of anilines is 1. The van der Waals surface area contributed by atoms with E-state index in [0.29, 0.717) is 11.4 Å². The largest absolute Gasteiger partial charge is 0.322 e. The maximum Gasteiger partial charge on any atom is 0.256 e. The van der Waals surface area contributed by atoms with E-state index < -0.39 is 0 Å². The van der Waals surface area contributed by atoms with Crippen molar-refractivity contribution in [1.29, 1.82) is 0 Å². The highest BCUT2D eigenvalue weighted by Crippen LogP contribution is 2.18. The number of alkyl halides is 1. The number of nitrogens with one attached hydrogen (secondary N) is 1. The van der Waals surface area contributed by atoms with Gasteiger partial charge in [0.15, 0.2) is 0 Å². The molecule has 0 fully saturated rings. The van der Waals surface area contributed by atoms with Crippen molar-refractivity contribution in [3.8, 4) is 0 Å². The molecule has 0 heterocycles. The highest BCUT2D eigenvalue weighted by molar-refractivity contribution is 9.10. The van der Waals surface area contributed by atoms with Crippen molar-refractivity contribution >= 4 is 39.1 Å². The van der Waals surface area contributed by atoms with Crippen LogP contribution in [0.3, 0.4) is 0 Å². The van der Waals surface area contributed by atoms with Gasteiger partial charge in [-0.1, -0.05) is 24.3 Å². The third-order valence-corrected chi connectivity index (χ3v) is 3.86. The van der Waals surface area contributed by atoms with Crippen LogP contribution in [0.5, 0.6) is 0 Å². The van der Waals surface area contributed by atoms with E-state index in [1.54, 1.807) is 6.07 Å². The molecule has 0 aromatic heterocycles. The van der Waals surface area contributed by atoms with Gasteiger partial charge in [0.05, 0.1) is 5.56 Å². The molecule has 0 aliphatic heterocycles. The lowest BCUT2D eigenvalue weighted by Gasteiger charge is -2.08. The normalized spacial score (nSPS) is 10.3. The Balaban J connectivity index is 2.10. The summed E-state index contributed by atoms with van der Waals surface area (Å²) in [6.07, 6.45) is 1.85. The highest BCUT2D eigenvalue weighted by Gasteiger charge is 2.09. The van der Waals surface area contributed by atoms with Gasteiger partial charge in [0.1, 0.15) is 0 Å². The third kappa shape index (κ3) is 4.09. The van der Waals surface area contributed by atoms with Crippen LogP contribution in [0, 0.1) is 0 Å². The fraction of sp³-hybridized carbons (Fsp3) is 0.188. The molecule has 0 atom stereocenters. The van der Waals surface area contributed by atoms with E-state index in [4.69, 9.17) is 11.6 Å². The Morgan fingerprint density at radius 1 is 1.15 bits per heavy atom. The summed E-state index contributed by atoms with van der Waals surface area (Å²) in [6, 6.07) is 15.2. The average molecular weight is 353 g/mol. The van der Waals surface area contributed by atoms with Crippen molar-refractivity contribution in [2.45, 2.75) is 12.8 Å². The molecule has 2 rings (SSSR count). The smallest absolute Gasteiger partial charge is 0.256 e. The quantitative estimate of drug-likeness (QED) is 0.764. The van der Waals surface area contributed by atoms with Gasteiger partial charge >= 0.3 is 0 Å². The first kappa shape index (κ1) is 15.1. The fourth-order valence-electron chi connectivity index (χ4n) is 1.92. The van der Waals surface area contributed by atoms with E-state index in [0.717, 1.165) is 23.0 Å². The second-order valence-corrected chi connectivity index (χ2v) is 5.66. The van der Waals surface area contributed by atoms with Crippen LogP contribution in [0.15, 0.2) is 53.0 Å². The Labute approximate surface area is 132 Å². The maximum atomic E-state index is 12.2. The number of hydrogen-bond donors (Lipinski definition) is 1. The lowest BCUT2D eigenvalue weighted by Crippen LogP contribution is -2.12. The average Bonchev–Trinajstić information content (AvgIpc) is 2.46. The van der Waals surface area contributed by atoms with Crippen molar-refractivity contribution in [3.05, 3.63) is 64.1 Å². The zero-order chi connectivity index (χ0) is 14.4. The van der Waals surface area contributed by atoms with Gasteiger partial charge in [0.2, 0.25) is 0 Å². The molecule has 0 aliphatic carbocycles. The molecule has 0 spiro atoms. The van der Waals surface area contributed by atoms with Crippen LogP contribution in [0.1, 0.15) is 22.3 Å². The number of hydrogen-bond acceptors (Lipinski definition) is 1. The van der Waals surface area contributed by atoms with E-state index >= 15 is 0 Å². The van der Waals surface area contributed by atoms with Crippen LogP contribution in [0.25, 0.3) is 0 Å². The molecule has 0 radical (unpaired) electrons. The van der Waals surface area contributed by atoms with Gasteiger partial charge in [0.25, 0.3) is 5.91 Å². The minimum Gasteiger partial charge on any atom is -0.322 e. The predicted molar refractivity (Wildman–Crippen MR) is 87.6 cm³/mol. The zero-order valence-corrected chi connectivity index (χ0v) is 13.2. The SMILES string of the molecule is O=C(Nc1cccc(CCCCl)c1)c1ccccc1Br. The molecular formula is C16H15BrClNO. The topological polar surface area (TPSA) is 29.1 Å². The van der Waals surface area contributed by atoms with Gasteiger partial charge in [-0.3, -0.25) is 4.79 Å². The molecule has 2 aromatic carbocycles. The molecule has 1 N–H and O–H groups in total. The van der Waals surface area contributed by atoms with Gasteiger partial charge in [-0.25, -0.2) is 0 Å². The number of benzene rings is 2. The second-order valence-electron chi connectivity index (χ2n) is 4.43. The molecule has 2 nitrogen and oxygen atoms in total. The van der Waals surface area contributed by atoms with Crippen LogP contribution in [0.4, 0.5) is 5.69 Å². The lowest BCUT2D eigenvalue weighted by atomic mass is 10.1. The minimum absolute atomic E-state index is 0.119. The van der Waals surface area contributed by atoms with E-state index in [-0.39, 0.29) is 5.91 Å². The second kappa shape index (κ2) is 7.46. The van der Waals surface area contributed by atoms with Crippen molar-refractivity contribution in [2.24, 2.45) is 0 Å². The Morgan fingerprint density at radius 3 is 2.70 bits per heavy atom. The molecule has 0 aliphatic rings. The maximum absolute atomic E-state index is 12.2. The molecule has 0 unspecified atom stereocenters. The number of aryl methyl sites for hydroxylation is 1. The van der Waals surface area contributed by atoms with Crippen LogP contribution in [-0.2, 0) is 6.42 Å². The summed E-state index contributed by atoms with van der Waals surface area (Å²) in [5, 5.41) is 2.91. The van der Waals surface area contributed by atoms with E-state index in [2.05, 4.69) is 21.2 Å². The molecule has 20 heavy (non-hydrogen) atoms. The summed E-state index contributed by atoms with van der Waals surface area (Å²) >= 11 is 9.08. The lowest BCUT2D eigenvalue weighted by molar-refractivity contribution is 0.102. The summed E-state index contributed by atoms with van der Waals surface area (Å²) in [6.45, 7) is 0. The summed E-state index contributed by atoms with van der Waals surface area (Å²) in [5.41, 5.74) is 2.60. The van der Waals surface area contributed by atoms with Crippen molar-refractivity contribution in [1.82, 2.24) is 0 Å². The van der Waals surface area contributed by atoms with Gasteiger partial charge < -0.3 is 5.32 Å². The molecule has 104 valence electrons. The van der Waals surface area contributed by atoms with Crippen molar-refractivity contribution in [2.75, 3.05) is 11.2 Å². The van der Waals surface area contributed by atoms with E-state index in [9.17, 15) is 4.79 Å². The first-order valence-electron chi connectivity index (χ1n) is 6.41. The van der Waals surface area contributed by atoms with Gasteiger partial charge in [-0.2, -0.15) is 0 Å². The molecule has 2 aromatic rings. The summed E-state index contributed by atoms with van der Waals surface area (Å²) in [5.74, 6) is 0.528. The molecule has 0 bridgehead atoms. The molecule has 1 amide bonds. The van der Waals surface area contributed by atoms with E-state index in [1.165, 1.54) is 5.56 Å². The van der Waals surface area contributed by atoms with Crippen LogP contribution in [0.2, 0.25) is 0 Å².